The van der Waals surface area contributed by atoms with Crippen LogP contribution in [-0.2, 0) is 6.54 Å². The highest BCUT2D eigenvalue weighted by molar-refractivity contribution is 9.10. The minimum Gasteiger partial charge on any atom is -0.343 e. The third-order valence-corrected chi connectivity index (χ3v) is 3.49. The van der Waals surface area contributed by atoms with Crippen molar-refractivity contribution in [3.8, 4) is 6.07 Å². The first kappa shape index (κ1) is 14.4. The molecule has 1 heterocycles. The first-order valence-electron chi connectivity index (χ1n) is 6.23. The number of carbonyl (C=O) groups excluding carboxylic acids is 1. The van der Waals surface area contributed by atoms with E-state index >= 15 is 0 Å². The van der Waals surface area contributed by atoms with Crippen molar-refractivity contribution in [1.82, 2.24) is 4.57 Å². The Kier molecular flexibility index (Phi) is 4.26. The molecule has 0 spiro atoms. The summed E-state index contributed by atoms with van der Waals surface area (Å²) in [4.78, 5) is 12.3. The lowest BCUT2D eigenvalue weighted by Gasteiger charge is -2.10. The largest absolute Gasteiger partial charge is 0.343 e. The third kappa shape index (κ3) is 2.91. The van der Waals surface area contributed by atoms with Gasteiger partial charge in [-0.2, -0.15) is 5.26 Å². The van der Waals surface area contributed by atoms with Gasteiger partial charge in [-0.15, -0.1) is 0 Å². The predicted molar refractivity (Wildman–Crippen MR) is 81.7 cm³/mol. The summed E-state index contributed by atoms with van der Waals surface area (Å²) in [7, 11) is 0. The van der Waals surface area contributed by atoms with E-state index in [-0.39, 0.29) is 5.91 Å². The molecule has 0 aliphatic carbocycles. The average Bonchev–Trinajstić information content (AvgIpc) is 2.82. The van der Waals surface area contributed by atoms with E-state index < -0.39 is 0 Å². The zero-order valence-electron chi connectivity index (χ0n) is 11.3. The van der Waals surface area contributed by atoms with E-state index in [0.29, 0.717) is 23.5 Å². The molecule has 1 N–H and O–H groups in total. The highest BCUT2D eigenvalue weighted by Gasteiger charge is 2.13. The van der Waals surface area contributed by atoms with Crippen LogP contribution in [0.15, 0.2) is 34.9 Å². The number of carbonyl (C=O) groups is 1. The van der Waals surface area contributed by atoms with Gasteiger partial charge in [-0.3, -0.25) is 4.79 Å². The second kappa shape index (κ2) is 5.93. The van der Waals surface area contributed by atoms with Crippen molar-refractivity contribution < 1.29 is 4.79 Å². The second-order valence-corrected chi connectivity index (χ2v) is 5.34. The highest BCUT2D eigenvalue weighted by atomic mass is 79.9. The van der Waals surface area contributed by atoms with Gasteiger partial charge in [0.05, 0.1) is 11.6 Å². The van der Waals surface area contributed by atoms with Crippen molar-refractivity contribution in [1.29, 1.82) is 5.26 Å². The zero-order chi connectivity index (χ0) is 14.7. The van der Waals surface area contributed by atoms with Gasteiger partial charge in [0.15, 0.2) is 0 Å². The minimum absolute atomic E-state index is 0.185. The molecule has 0 atom stereocenters. The number of hydrogen-bond donors (Lipinski definition) is 1. The van der Waals surface area contributed by atoms with Gasteiger partial charge in [0.2, 0.25) is 0 Å². The summed E-state index contributed by atoms with van der Waals surface area (Å²) in [5, 5.41) is 11.8. The normalized spacial score (nSPS) is 10.1. The van der Waals surface area contributed by atoms with E-state index in [1.54, 1.807) is 18.2 Å². The fraction of sp³-hybridized carbons (Fsp3) is 0.200. The first-order valence-corrected chi connectivity index (χ1v) is 7.02. The number of nitrogens with one attached hydrogen (secondary N) is 1. The summed E-state index contributed by atoms with van der Waals surface area (Å²) in [6.07, 6.45) is 1.87. The summed E-state index contributed by atoms with van der Waals surface area (Å²) in [6, 6.07) is 9.09. The van der Waals surface area contributed by atoms with Crippen LogP contribution in [0.2, 0.25) is 0 Å². The molecule has 0 fully saturated rings. The maximum absolute atomic E-state index is 12.3. The van der Waals surface area contributed by atoms with E-state index in [0.717, 1.165) is 10.0 Å². The van der Waals surface area contributed by atoms with Crippen LogP contribution >= 0.6 is 15.9 Å². The van der Waals surface area contributed by atoms with E-state index in [9.17, 15) is 4.79 Å². The fourth-order valence-corrected chi connectivity index (χ4v) is 2.40. The van der Waals surface area contributed by atoms with E-state index in [1.807, 2.05) is 30.7 Å². The summed E-state index contributed by atoms with van der Waals surface area (Å²) in [6.45, 7) is 4.59. The van der Waals surface area contributed by atoms with Crippen LogP contribution in [0.1, 0.15) is 28.5 Å². The summed E-state index contributed by atoms with van der Waals surface area (Å²) in [5.41, 5.74) is 2.69. The average molecular weight is 332 g/mol. The molecule has 0 unspecified atom stereocenters. The SMILES string of the molecule is CCn1cc(Br)cc1C(=O)Nc1cc(C#N)ccc1C. The number of anilines is 1. The Labute approximate surface area is 126 Å². The van der Waals surface area contributed by atoms with Crippen molar-refractivity contribution >= 4 is 27.5 Å². The number of nitriles is 1. The van der Waals surface area contributed by atoms with Crippen molar-refractivity contribution in [2.75, 3.05) is 5.32 Å². The van der Waals surface area contributed by atoms with Gasteiger partial charge >= 0.3 is 0 Å². The van der Waals surface area contributed by atoms with Gasteiger partial charge in [0.25, 0.3) is 5.91 Å². The maximum atomic E-state index is 12.3. The Bertz CT molecular complexity index is 698. The van der Waals surface area contributed by atoms with Gasteiger partial charge in [-0.05, 0) is 53.5 Å². The van der Waals surface area contributed by atoms with Crippen molar-refractivity contribution in [3.63, 3.8) is 0 Å². The molecule has 1 aromatic heterocycles. The molecule has 102 valence electrons. The highest BCUT2D eigenvalue weighted by Crippen LogP contribution is 2.20. The molecule has 5 heteroatoms. The van der Waals surface area contributed by atoms with Crippen LogP contribution in [0.25, 0.3) is 0 Å². The molecule has 1 amide bonds. The number of benzene rings is 1. The molecule has 2 rings (SSSR count). The zero-order valence-corrected chi connectivity index (χ0v) is 12.9. The van der Waals surface area contributed by atoms with Crippen LogP contribution in [0.5, 0.6) is 0 Å². The predicted octanol–water partition coefficient (Wildman–Crippen LogP) is 3.70. The summed E-state index contributed by atoms with van der Waals surface area (Å²) >= 11 is 3.37. The topological polar surface area (TPSA) is 57.8 Å². The quantitative estimate of drug-likeness (QED) is 0.932. The molecular weight excluding hydrogens is 318 g/mol. The van der Waals surface area contributed by atoms with Crippen LogP contribution in [0, 0.1) is 18.3 Å². The number of amides is 1. The molecule has 2 aromatic rings. The number of aromatic nitrogens is 1. The third-order valence-electron chi connectivity index (χ3n) is 3.05. The molecule has 4 nitrogen and oxygen atoms in total. The van der Waals surface area contributed by atoms with Crippen molar-refractivity contribution in [2.45, 2.75) is 20.4 Å². The van der Waals surface area contributed by atoms with Crippen LogP contribution in [0.4, 0.5) is 5.69 Å². The maximum Gasteiger partial charge on any atom is 0.272 e. The molecule has 0 aliphatic heterocycles. The molecule has 0 saturated carbocycles. The lowest BCUT2D eigenvalue weighted by atomic mass is 10.1. The van der Waals surface area contributed by atoms with Gasteiger partial charge in [0, 0.05) is 22.9 Å². The Morgan fingerprint density at radius 2 is 2.20 bits per heavy atom. The first-order chi connectivity index (χ1) is 9.55. The molecule has 1 aromatic carbocycles. The van der Waals surface area contributed by atoms with Gasteiger partial charge in [-0.25, -0.2) is 0 Å². The van der Waals surface area contributed by atoms with Crippen LogP contribution < -0.4 is 5.32 Å². The second-order valence-electron chi connectivity index (χ2n) is 4.43. The summed E-state index contributed by atoms with van der Waals surface area (Å²) < 4.78 is 2.73. The number of nitrogens with zero attached hydrogens (tertiary/aromatic N) is 2. The lowest BCUT2D eigenvalue weighted by molar-refractivity contribution is 0.101. The Morgan fingerprint density at radius 1 is 1.45 bits per heavy atom. The fourth-order valence-electron chi connectivity index (χ4n) is 1.94. The van der Waals surface area contributed by atoms with Crippen LogP contribution in [-0.4, -0.2) is 10.5 Å². The number of rotatable bonds is 3. The molecule has 0 saturated heterocycles. The number of halogens is 1. The van der Waals surface area contributed by atoms with E-state index in [2.05, 4.69) is 27.3 Å². The molecule has 0 aliphatic rings. The van der Waals surface area contributed by atoms with E-state index in [1.165, 1.54) is 0 Å². The summed E-state index contributed by atoms with van der Waals surface area (Å²) in [5.74, 6) is -0.185. The molecule has 0 bridgehead atoms. The monoisotopic (exact) mass is 331 g/mol. The minimum atomic E-state index is -0.185. The van der Waals surface area contributed by atoms with E-state index in [4.69, 9.17) is 5.26 Å². The van der Waals surface area contributed by atoms with Gasteiger partial charge in [0.1, 0.15) is 5.69 Å². The van der Waals surface area contributed by atoms with Crippen molar-refractivity contribution in [2.24, 2.45) is 0 Å². The lowest BCUT2D eigenvalue weighted by Crippen LogP contribution is -2.17. The Morgan fingerprint density at radius 3 is 2.85 bits per heavy atom. The molecular formula is C15H14BrN3O. The van der Waals surface area contributed by atoms with Gasteiger partial charge < -0.3 is 9.88 Å². The number of hydrogen-bond acceptors (Lipinski definition) is 2. The smallest absolute Gasteiger partial charge is 0.272 e. The van der Waals surface area contributed by atoms with Gasteiger partial charge in [-0.1, -0.05) is 6.07 Å². The van der Waals surface area contributed by atoms with Crippen molar-refractivity contribution in [3.05, 3.63) is 51.8 Å². The standard InChI is InChI=1S/C15H14BrN3O/c1-3-19-9-12(16)7-14(19)15(20)18-13-6-11(8-17)5-4-10(13)2/h4-7,9H,3H2,1-2H3,(H,18,20). The number of aryl methyl sites for hydroxylation is 2. The van der Waals surface area contributed by atoms with Crippen LogP contribution in [0.3, 0.4) is 0 Å². The molecule has 0 radical (unpaired) electrons. The Balaban J connectivity index is 2.30. The molecule has 20 heavy (non-hydrogen) atoms. The Hall–Kier alpha value is -2.06.